The first-order chi connectivity index (χ1) is 8.55. The lowest BCUT2D eigenvalue weighted by atomic mass is 9.71. The highest BCUT2D eigenvalue weighted by Crippen LogP contribution is 2.49. The first kappa shape index (κ1) is 12.6. The Hall–Kier alpha value is -1.87. The number of phenolic OH excluding ortho intramolecular Hbond substituents is 1. The van der Waals surface area contributed by atoms with Crippen molar-refractivity contribution in [3.63, 3.8) is 0 Å². The summed E-state index contributed by atoms with van der Waals surface area (Å²) in [7, 11) is 1.29. The molecule has 18 heavy (non-hydrogen) atoms. The second kappa shape index (κ2) is 4.42. The van der Waals surface area contributed by atoms with Gasteiger partial charge in [-0.2, -0.15) is 4.99 Å². The van der Waals surface area contributed by atoms with Crippen LogP contribution in [0.5, 0.6) is 11.5 Å². The molecule has 2 rings (SSSR count). The molecule has 1 aromatic carbocycles. The molecule has 1 aliphatic rings. The minimum atomic E-state index is -0.726. The zero-order chi connectivity index (χ0) is 13.3. The predicted molar refractivity (Wildman–Crippen MR) is 63.0 cm³/mol. The summed E-state index contributed by atoms with van der Waals surface area (Å²) in [5, 5.41) is 9.91. The van der Waals surface area contributed by atoms with E-state index in [4.69, 9.17) is 4.74 Å². The van der Waals surface area contributed by atoms with Crippen molar-refractivity contribution >= 4 is 6.08 Å². The lowest BCUT2D eigenvalue weighted by molar-refractivity contribution is 0.251. The van der Waals surface area contributed by atoms with Crippen LogP contribution in [-0.4, -0.2) is 18.3 Å². The number of phenols is 1. The molecule has 0 bridgehead atoms. The van der Waals surface area contributed by atoms with Crippen molar-refractivity contribution < 1.29 is 19.0 Å². The summed E-state index contributed by atoms with van der Waals surface area (Å²) in [6.45, 7) is 1.66. The van der Waals surface area contributed by atoms with Gasteiger partial charge in [-0.1, -0.05) is 0 Å². The molecule has 0 unspecified atom stereocenters. The maximum absolute atomic E-state index is 13.8. The average Bonchev–Trinajstić information content (AvgIpc) is 2.29. The first-order valence-electron chi connectivity index (χ1n) is 5.71. The molecule has 4 nitrogen and oxygen atoms in total. The number of methoxy groups -OCH3 is 1. The van der Waals surface area contributed by atoms with Gasteiger partial charge in [0.2, 0.25) is 6.08 Å². The van der Waals surface area contributed by atoms with E-state index in [1.54, 1.807) is 13.0 Å². The van der Waals surface area contributed by atoms with Crippen LogP contribution in [0, 0.1) is 12.7 Å². The molecule has 0 saturated heterocycles. The fourth-order valence-corrected chi connectivity index (χ4v) is 2.43. The molecule has 1 N–H and O–H groups in total. The van der Waals surface area contributed by atoms with Crippen LogP contribution in [0.3, 0.4) is 0 Å². The standard InChI is InChI=1S/C13H14FNO3/c1-8-9(13(15-7-16)4-3-5-13)6-10(14)12(18-2)11(8)17/h6,17H,3-5H2,1-2H3. The molecule has 1 aliphatic carbocycles. The van der Waals surface area contributed by atoms with Crippen molar-refractivity contribution in [1.82, 2.24) is 0 Å². The lowest BCUT2D eigenvalue weighted by Crippen LogP contribution is -2.33. The van der Waals surface area contributed by atoms with Crippen LogP contribution >= 0.6 is 0 Å². The molecular formula is C13H14FNO3. The molecule has 0 radical (unpaired) electrons. The van der Waals surface area contributed by atoms with Gasteiger partial charge in [-0.15, -0.1) is 0 Å². The van der Waals surface area contributed by atoms with Gasteiger partial charge < -0.3 is 9.84 Å². The van der Waals surface area contributed by atoms with Crippen LogP contribution in [-0.2, 0) is 10.3 Å². The molecule has 1 aromatic rings. The molecule has 0 atom stereocenters. The van der Waals surface area contributed by atoms with Crippen LogP contribution < -0.4 is 4.74 Å². The van der Waals surface area contributed by atoms with Gasteiger partial charge >= 0.3 is 0 Å². The number of aliphatic imine (C=N–C) groups is 1. The Labute approximate surface area is 104 Å². The lowest BCUT2D eigenvalue weighted by Gasteiger charge is -2.38. The third-order valence-electron chi connectivity index (χ3n) is 3.61. The van der Waals surface area contributed by atoms with Crippen molar-refractivity contribution in [2.45, 2.75) is 31.7 Å². The highest BCUT2D eigenvalue weighted by Gasteiger charge is 2.41. The fourth-order valence-electron chi connectivity index (χ4n) is 2.43. The minimum absolute atomic E-state index is 0.180. The van der Waals surface area contributed by atoms with E-state index in [9.17, 15) is 14.3 Å². The second-order valence-electron chi connectivity index (χ2n) is 4.50. The first-order valence-corrected chi connectivity index (χ1v) is 5.71. The van der Waals surface area contributed by atoms with Gasteiger partial charge in [0.1, 0.15) is 0 Å². The average molecular weight is 251 g/mol. The number of carbonyl (C=O) groups excluding carboxylic acids is 1. The van der Waals surface area contributed by atoms with Gasteiger partial charge in [-0.3, -0.25) is 0 Å². The summed E-state index contributed by atoms with van der Waals surface area (Å²) in [6, 6.07) is 1.29. The van der Waals surface area contributed by atoms with Gasteiger partial charge in [0, 0.05) is 5.56 Å². The van der Waals surface area contributed by atoms with Gasteiger partial charge in [0.25, 0.3) is 0 Å². The SMILES string of the molecule is COc1c(F)cc(C2(N=C=O)CCC2)c(C)c1O. The number of isocyanates is 1. The molecule has 5 heteroatoms. The van der Waals surface area contributed by atoms with E-state index in [-0.39, 0.29) is 11.5 Å². The number of hydrogen-bond acceptors (Lipinski definition) is 4. The Morgan fingerprint density at radius 1 is 1.56 bits per heavy atom. The van der Waals surface area contributed by atoms with Crippen molar-refractivity contribution in [3.8, 4) is 11.5 Å². The number of aromatic hydroxyl groups is 1. The van der Waals surface area contributed by atoms with E-state index >= 15 is 0 Å². The zero-order valence-electron chi connectivity index (χ0n) is 10.3. The van der Waals surface area contributed by atoms with Gasteiger partial charge in [0.05, 0.1) is 12.6 Å². The molecule has 0 heterocycles. The molecule has 96 valence electrons. The molecule has 0 amide bonds. The summed E-state index contributed by atoms with van der Waals surface area (Å²) < 4.78 is 18.6. The maximum atomic E-state index is 13.8. The van der Waals surface area contributed by atoms with Crippen LogP contribution in [0.2, 0.25) is 0 Å². The summed E-state index contributed by atoms with van der Waals surface area (Å²) in [4.78, 5) is 14.3. The van der Waals surface area contributed by atoms with Crippen molar-refractivity contribution in [1.29, 1.82) is 0 Å². The number of nitrogens with zero attached hydrogens (tertiary/aromatic N) is 1. The van der Waals surface area contributed by atoms with Gasteiger partial charge in [0.15, 0.2) is 17.3 Å². The smallest absolute Gasteiger partial charge is 0.235 e. The van der Waals surface area contributed by atoms with Crippen molar-refractivity contribution in [2.75, 3.05) is 7.11 Å². The topological polar surface area (TPSA) is 58.9 Å². The number of rotatable bonds is 3. The minimum Gasteiger partial charge on any atom is -0.504 e. The van der Waals surface area contributed by atoms with Crippen LogP contribution in [0.1, 0.15) is 30.4 Å². The summed E-state index contributed by atoms with van der Waals surface area (Å²) in [5.41, 5.74) is 0.302. The third kappa shape index (κ3) is 1.68. The predicted octanol–water partition coefficient (Wildman–Crippen LogP) is 2.56. The van der Waals surface area contributed by atoms with Crippen molar-refractivity contribution in [2.24, 2.45) is 4.99 Å². The van der Waals surface area contributed by atoms with E-state index < -0.39 is 11.4 Å². The van der Waals surface area contributed by atoms with Gasteiger partial charge in [-0.05, 0) is 37.8 Å². The molecule has 0 spiro atoms. The normalized spacial score (nSPS) is 16.6. The molecular weight excluding hydrogens is 237 g/mol. The highest BCUT2D eigenvalue weighted by molar-refractivity contribution is 5.53. The van der Waals surface area contributed by atoms with Crippen LogP contribution in [0.4, 0.5) is 4.39 Å². The summed E-state index contributed by atoms with van der Waals surface area (Å²) >= 11 is 0. The Kier molecular flexibility index (Phi) is 3.09. The maximum Gasteiger partial charge on any atom is 0.235 e. The van der Waals surface area contributed by atoms with Gasteiger partial charge in [-0.25, -0.2) is 9.18 Å². The molecule has 1 fully saturated rings. The second-order valence-corrected chi connectivity index (χ2v) is 4.50. The Morgan fingerprint density at radius 3 is 2.67 bits per heavy atom. The Bertz CT molecular complexity index is 532. The number of ether oxygens (including phenoxy) is 1. The largest absolute Gasteiger partial charge is 0.504 e. The number of hydrogen-bond donors (Lipinski definition) is 1. The number of halogens is 1. The highest BCUT2D eigenvalue weighted by atomic mass is 19.1. The van der Waals surface area contributed by atoms with E-state index in [1.807, 2.05) is 0 Å². The van der Waals surface area contributed by atoms with Crippen LogP contribution in [0.15, 0.2) is 11.1 Å². The molecule has 1 saturated carbocycles. The molecule has 0 aromatic heterocycles. The Balaban J connectivity index is 2.62. The van der Waals surface area contributed by atoms with Crippen LogP contribution in [0.25, 0.3) is 0 Å². The Morgan fingerprint density at radius 2 is 2.22 bits per heavy atom. The monoisotopic (exact) mass is 251 g/mol. The van der Waals surface area contributed by atoms with E-state index in [1.165, 1.54) is 13.2 Å². The molecule has 0 aliphatic heterocycles. The number of benzene rings is 1. The van der Waals surface area contributed by atoms with Crippen molar-refractivity contribution in [3.05, 3.63) is 23.0 Å². The third-order valence-corrected chi connectivity index (χ3v) is 3.61. The van der Waals surface area contributed by atoms with E-state index in [0.717, 1.165) is 6.42 Å². The summed E-state index contributed by atoms with van der Waals surface area (Å²) in [5.74, 6) is -1.07. The van der Waals surface area contributed by atoms with E-state index in [0.29, 0.717) is 24.0 Å². The quantitative estimate of drug-likeness (QED) is 0.663. The zero-order valence-corrected chi connectivity index (χ0v) is 10.3. The summed E-state index contributed by atoms with van der Waals surface area (Å²) in [6.07, 6.45) is 3.78. The fraction of sp³-hybridized carbons (Fsp3) is 0.462. The van der Waals surface area contributed by atoms with E-state index in [2.05, 4.69) is 4.99 Å².